The zero-order valence-electron chi connectivity index (χ0n) is 10.4. The number of carbonyl (C=O) groups excluding carboxylic acids is 1. The van der Waals surface area contributed by atoms with Gasteiger partial charge in [0.2, 0.25) is 0 Å². The standard InChI is InChI=1S/C13H13N5O/c1-10(9-18-6-2-5-16-18)17-13(19)12-4-3-11(7-14)8-15-12/h2-6,8,10H,9H2,1H3,(H,17,19). The molecule has 2 heterocycles. The quantitative estimate of drug-likeness (QED) is 0.882. The van der Waals surface area contributed by atoms with Crippen molar-refractivity contribution in [3.05, 3.63) is 48.0 Å². The fraction of sp³-hybridized carbons (Fsp3) is 0.231. The van der Waals surface area contributed by atoms with Gasteiger partial charge in [0.15, 0.2) is 0 Å². The fourth-order valence-corrected chi connectivity index (χ4v) is 1.63. The van der Waals surface area contributed by atoms with Crippen LogP contribution in [0.3, 0.4) is 0 Å². The maximum Gasteiger partial charge on any atom is 0.270 e. The molecule has 6 heteroatoms. The predicted octanol–water partition coefficient (Wildman–Crippen LogP) is 0.968. The van der Waals surface area contributed by atoms with Crippen molar-refractivity contribution in [2.45, 2.75) is 19.5 Å². The summed E-state index contributed by atoms with van der Waals surface area (Å²) >= 11 is 0. The molecule has 2 aromatic rings. The number of nitriles is 1. The Morgan fingerprint density at radius 2 is 2.42 bits per heavy atom. The van der Waals surface area contributed by atoms with Crippen molar-refractivity contribution in [3.8, 4) is 6.07 Å². The number of nitrogens with zero attached hydrogens (tertiary/aromatic N) is 4. The Labute approximate surface area is 110 Å². The summed E-state index contributed by atoms with van der Waals surface area (Å²) in [6.07, 6.45) is 4.91. The lowest BCUT2D eigenvalue weighted by Gasteiger charge is -2.13. The zero-order valence-corrected chi connectivity index (χ0v) is 10.4. The number of pyridine rings is 1. The number of nitrogens with one attached hydrogen (secondary N) is 1. The smallest absolute Gasteiger partial charge is 0.270 e. The van der Waals surface area contributed by atoms with Crippen molar-refractivity contribution in [2.24, 2.45) is 0 Å². The number of hydrogen-bond acceptors (Lipinski definition) is 4. The summed E-state index contributed by atoms with van der Waals surface area (Å²) in [7, 11) is 0. The van der Waals surface area contributed by atoms with E-state index in [1.807, 2.05) is 25.3 Å². The van der Waals surface area contributed by atoms with Crippen LogP contribution in [0.5, 0.6) is 0 Å². The molecule has 6 nitrogen and oxygen atoms in total. The van der Waals surface area contributed by atoms with E-state index in [2.05, 4.69) is 15.4 Å². The lowest BCUT2D eigenvalue weighted by Crippen LogP contribution is -2.36. The largest absolute Gasteiger partial charge is 0.346 e. The van der Waals surface area contributed by atoms with E-state index in [1.54, 1.807) is 16.9 Å². The van der Waals surface area contributed by atoms with Crippen molar-refractivity contribution in [1.29, 1.82) is 5.26 Å². The molecule has 0 saturated heterocycles. The Balaban J connectivity index is 1.94. The van der Waals surface area contributed by atoms with E-state index in [-0.39, 0.29) is 11.9 Å². The molecule has 0 spiro atoms. The van der Waals surface area contributed by atoms with Crippen LogP contribution in [0.25, 0.3) is 0 Å². The first-order chi connectivity index (χ1) is 9.19. The minimum atomic E-state index is -0.260. The number of carbonyl (C=O) groups is 1. The van der Waals surface area contributed by atoms with Gasteiger partial charge in [-0.3, -0.25) is 9.48 Å². The average molecular weight is 255 g/mol. The SMILES string of the molecule is CC(Cn1cccn1)NC(=O)c1ccc(C#N)cn1. The van der Waals surface area contributed by atoms with Crippen LogP contribution in [0.15, 0.2) is 36.8 Å². The van der Waals surface area contributed by atoms with Crippen molar-refractivity contribution < 1.29 is 4.79 Å². The summed E-state index contributed by atoms with van der Waals surface area (Å²) in [4.78, 5) is 15.8. The first-order valence-corrected chi connectivity index (χ1v) is 5.83. The first-order valence-electron chi connectivity index (χ1n) is 5.83. The third-order valence-electron chi connectivity index (χ3n) is 2.52. The van der Waals surface area contributed by atoms with Crippen LogP contribution in [0.1, 0.15) is 23.0 Å². The number of rotatable bonds is 4. The molecule has 0 aliphatic carbocycles. The monoisotopic (exact) mass is 255 g/mol. The molecule has 1 N–H and O–H groups in total. The second kappa shape index (κ2) is 5.78. The van der Waals surface area contributed by atoms with E-state index in [1.165, 1.54) is 12.3 Å². The number of aromatic nitrogens is 3. The summed E-state index contributed by atoms with van der Waals surface area (Å²) in [5.41, 5.74) is 0.729. The fourth-order valence-electron chi connectivity index (χ4n) is 1.63. The Kier molecular flexibility index (Phi) is 3.88. The van der Waals surface area contributed by atoms with Crippen molar-refractivity contribution in [2.75, 3.05) is 0 Å². The Morgan fingerprint density at radius 3 is 3.00 bits per heavy atom. The molecule has 0 radical (unpaired) electrons. The van der Waals surface area contributed by atoms with Gasteiger partial charge in [0, 0.05) is 24.6 Å². The van der Waals surface area contributed by atoms with Crippen molar-refractivity contribution in [3.63, 3.8) is 0 Å². The highest BCUT2D eigenvalue weighted by Gasteiger charge is 2.11. The Morgan fingerprint density at radius 1 is 1.58 bits per heavy atom. The van der Waals surface area contributed by atoms with Gasteiger partial charge in [-0.1, -0.05) is 0 Å². The lowest BCUT2D eigenvalue weighted by atomic mass is 10.2. The van der Waals surface area contributed by atoms with Crippen LogP contribution in [0.4, 0.5) is 0 Å². The molecule has 1 atom stereocenters. The summed E-state index contributed by atoms with van der Waals surface area (Å²) in [5, 5.41) is 15.6. The van der Waals surface area contributed by atoms with Crippen LogP contribution in [0, 0.1) is 11.3 Å². The summed E-state index contributed by atoms with van der Waals surface area (Å²) in [6, 6.07) is 6.83. The Bertz CT molecular complexity index is 582. The predicted molar refractivity (Wildman–Crippen MR) is 68.1 cm³/mol. The van der Waals surface area contributed by atoms with Crippen LogP contribution >= 0.6 is 0 Å². The van der Waals surface area contributed by atoms with E-state index < -0.39 is 0 Å². The highest BCUT2D eigenvalue weighted by Crippen LogP contribution is 2.00. The van der Waals surface area contributed by atoms with Crippen LogP contribution in [-0.2, 0) is 6.54 Å². The van der Waals surface area contributed by atoms with E-state index >= 15 is 0 Å². The maximum absolute atomic E-state index is 11.9. The van der Waals surface area contributed by atoms with Gasteiger partial charge < -0.3 is 5.32 Å². The molecule has 2 rings (SSSR count). The van der Waals surface area contributed by atoms with Gasteiger partial charge in [-0.05, 0) is 25.1 Å². The van der Waals surface area contributed by atoms with Gasteiger partial charge in [-0.25, -0.2) is 4.98 Å². The molecular formula is C13H13N5O. The molecule has 0 aliphatic heterocycles. The molecule has 19 heavy (non-hydrogen) atoms. The van der Waals surface area contributed by atoms with Crippen LogP contribution in [0.2, 0.25) is 0 Å². The van der Waals surface area contributed by atoms with Crippen molar-refractivity contribution >= 4 is 5.91 Å². The summed E-state index contributed by atoms with van der Waals surface area (Å²) in [6.45, 7) is 2.48. The molecule has 0 fully saturated rings. The van der Waals surface area contributed by atoms with Crippen LogP contribution in [-0.4, -0.2) is 26.7 Å². The summed E-state index contributed by atoms with van der Waals surface area (Å²) in [5.74, 6) is -0.260. The minimum Gasteiger partial charge on any atom is -0.346 e. The van der Waals surface area contributed by atoms with E-state index in [4.69, 9.17) is 5.26 Å². The first kappa shape index (κ1) is 12.8. The second-order valence-electron chi connectivity index (χ2n) is 4.15. The Hall–Kier alpha value is -2.68. The topological polar surface area (TPSA) is 83.6 Å². The third kappa shape index (κ3) is 3.39. The van der Waals surface area contributed by atoms with Crippen molar-refractivity contribution in [1.82, 2.24) is 20.1 Å². The second-order valence-corrected chi connectivity index (χ2v) is 4.15. The van der Waals surface area contributed by atoms with Gasteiger partial charge in [-0.2, -0.15) is 10.4 Å². The molecular weight excluding hydrogens is 242 g/mol. The molecule has 1 unspecified atom stereocenters. The molecule has 0 bridgehead atoms. The van der Waals surface area contributed by atoms with Gasteiger partial charge in [-0.15, -0.1) is 0 Å². The third-order valence-corrected chi connectivity index (χ3v) is 2.52. The normalized spacial score (nSPS) is 11.6. The molecule has 2 aromatic heterocycles. The average Bonchev–Trinajstić information content (AvgIpc) is 2.91. The lowest BCUT2D eigenvalue weighted by molar-refractivity contribution is 0.0931. The van der Waals surface area contributed by atoms with Gasteiger partial charge in [0.05, 0.1) is 12.1 Å². The maximum atomic E-state index is 11.9. The van der Waals surface area contributed by atoms with Gasteiger partial charge in [0.25, 0.3) is 5.91 Å². The summed E-state index contributed by atoms with van der Waals surface area (Å²) < 4.78 is 1.75. The highest BCUT2D eigenvalue weighted by molar-refractivity contribution is 5.92. The van der Waals surface area contributed by atoms with Gasteiger partial charge in [0.1, 0.15) is 11.8 Å². The number of hydrogen-bond donors (Lipinski definition) is 1. The molecule has 0 saturated carbocycles. The molecule has 1 amide bonds. The molecule has 0 aliphatic rings. The zero-order chi connectivity index (χ0) is 13.7. The van der Waals surface area contributed by atoms with E-state index in [0.717, 1.165) is 0 Å². The molecule has 0 aromatic carbocycles. The highest BCUT2D eigenvalue weighted by atomic mass is 16.1. The van der Waals surface area contributed by atoms with Gasteiger partial charge >= 0.3 is 0 Å². The minimum absolute atomic E-state index is 0.0650. The van der Waals surface area contributed by atoms with E-state index in [9.17, 15) is 4.79 Å². The number of amides is 1. The van der Waals surface area contributed by atoms with Crippen LogP contribution < -0.4 is 5.32 Å². The van der Waals surface area contributed by atoms with E-state index in [0.29, 0.717) is 17.8 Å². The molecule has 96 valence electrons.